The number of anilines is 1. The fourth-order valence-corrected chi connectivity index (χ4v) is 4.63. The number of nitrogens with one attached hydrogen (secondary N) is 1. The number of benzene rings is 1. The summed E-state index contributed by atoms with van der Waals surface area (Å²) in [5.41, 5.74) is 5.88. The molecule has 9 heteroatoms. The maximum Gasteiger partial charge on any atom is 0.242 e. The molecular formula is C12H19N3O4S2. The SMILES string of the molecule is CS(=O)(=O)N1CCC(NS(=O)(=O)c2ccccc2N)CC1. The van der Waals surface area contributed by atoms with Gasteiger partial charge < -0.3 is 5.73 Å². The number of piperidine rings is 1. The van der Waals surface area contributed by atoms with E-state index in [1.54, 1.807) is 12.1 Å². The third-order valence-corrected chi connectivity index (χ3v) is 6.35. The number of para-hydroxylation sites is 1. The van der Waals surface area contributed by atoms with Crippen molar-refractivity contribution in [3.05, 3.63) is 24.3 Å². The van der Waals surface area contributed by atoms with Gasteiger partial charge in [0.15, 0.2) is 0 Å². The van der Waals surface area contributed by atoms with Crippen LogP contribution in [0.1, 0.15) is 12.8 Å². The minimum Gasteiger partial charge on any atom is -0.398 e. The highest BCUT2D eigenvalue weighted by atomic mass is 32.2. The van der Waals surface area contributed by atoms with Gasteiger partial charge in [0.05, 0.1) is 11.9 Å². The number of nitrogen functional groups attached to an aromatic ring is 1. The molecule has 1 heterocycles. The zero-order valence-corrected chi connectivity index (χ0v) is 13.3. The van der Waals surface area contributed by atoms with Crippen LogP contribution in [0.3, 0.4) is 0 Å². The average Bonchev–Trinajstić information content (AvgIpc) is 2.38. The van der Waals surface area contributed by atoms with Crippen molar-refractivity contribution in [2.45, 2.75) is 23.8 Å². The number of nitrogens with zero attached hydrogens (tertiary/aromatic N) is 1. The molecule has 0 bridgehead atoms. The van der Waals surface area contributed by atoms with Gasteiger partial charge >= 0.3 is 0 Å². The van der Waals surface area contributed by atoms with E-state index in [-0.39, 0.29) is 16.6 Å². The molecule has 7 nitrogen and oxygen atoms in total. The minimum absolute atomic E-state index is 0.0514. The fourth-order valence-electron chi connectivity index (χ4n) is 2.31. The van der Waals surface area contributed by atoms with Crippen molar-refractivity contribution >= 4 is 25.7 Å². The van der Waals surface area contributed by atoms with E-state index in [4.69, 9.17) is 5.73 Å². The van der Waals surface area contributed by atoms with Crippen molar-refractivity contribution in [1.82, 2.24) is 9.03 Å². The summed E-state index contributed by atoms with van der Waals surface area (Å²) in [7, 11) is -6.90. The Morgan fingerprint density at radius 1 is 1.14 bits per heavy atom. The molecule has 1 aliphatic heterocycles. The van der Waals surface area contributed by atoms with E-state index in [1.165, 1.54) is 16.4 Å². The molecule has 0 amide bonds. The van der Waals surface area contributed by atoms with Crippen molar-refractivity contribution in [2.24, 2.45) is 0 Å². The number of rotatable bonds is 4. The Balaban J connectivity index is 2.05. The standard InChI is InChI=1S/C12H19N3O4S2/c1-20(16,17)15-8-6-10(7-9-15)14-21(18,19)12-5-3-2-4-11(12)13/h2-5,10,14H,6-9,13H2,1H3. The summed E-state index contributed by atoms with van der Waals surface area (Å²) in [5, 5.41) is 0. The Morgan fingerprint density at radius 3 is 2.24 bits per heavy atom. The van der Waals surface area contributed by atoms with Crippen LogP contribution in [-0.2, 0) is 20.0 Å². The van der Waals surface area contributed by atoms with Crippen LogP contribution in [0.5, 0.6) is 0 Å². The highest BCUT2D eigenvalue weighted by Crippen LogP contribution is 2.20. The topological polar surface area (TPSA) is 110 Å². The molecule has 3 N–H and O–H groups in total. The van der Waals surface area contributed by atoms with Gasteiger partial charge in [-0.3, -0.25) is 0 Å². The summed E-state index contributed by atoms with van der Waals surface area (Å²) < 4.78 is 51.3. The Bertz CT molecular complexity index is 708. The van der Waals surface area contributed by atoms with Crippen molar-refractivity contribution in [1.29, 1.82) is 0 Å². The number of hydrogen-bond acceptors (Lipinski definition) is 5. The van der Waals surface area contributed by atoms with E-state index < -0.39 is 20.0 Å². The molecule has 21 heavy (non-hydrogen) atoms. The van der Waals surface area contributed by atoms with Crippen LogP contribution in [0.15, 0.2) is 29.2 Å². The fraction of sp³-hybridized carbons (Fsp3) is 0.500. The maximum absolute atomic E-state index is 12.3. The van der Waals surface area contributed by atoms with Gasteiger partial charge in [-0.2, -0.15) is 0 Å². The monoisotopic (exact) mass is 333 g/mol. The summed E-state index contributed by atoms with van der Waals surface area (Å²) in [5.74, 6) is 0. The third kappa shape index (κ3) is 3.94. The van der Waals surface area contributed by atoms with Gasteiger partial charge in [0.2, 0.25) is 20.0 Å². The highest BCUT2D eigenvalue weighted by Gasteiger charge is 2.28. The Labute approximate surface area is 125 Å². The average molecular weight is 333 g/mol. The lowest BCUT2D eigenvalue weighted by molar-refractivity contribution is 0.310. The first-order valence-corrected chi connectivity index (χ1v) is 9.85. The van der Waals surface area contributed by atoms with Crippen LogP contribution in [0.2, 0.25) is 0 Å². The Kier molecular flexibility index (Phi) is 4.57. The molecule has 0 aromatic heterocycles. The zero-order valence-electron chi connectivity index (χ0n) is 11.7. The lowest BCUT2D eigenvalue weighted by Crippen LogP contribution is -2.46. The van der Waals surface area contributed by atoms with Gasteiger partial charge in [-0.05, 0) is 25.0 Å². The van der Waals surface area contributed by atoms with Crippen molar-refractivity contribution in [3.63, 3.8) is 0 Å². The van der Waals surface area contributed by atoms with Gasteiger partial charge in [0.25, 0.3) is 0 Å². The first-order chi connectivity index (χ1) is 9.70. The minimum atomic E-state index is -3.69. The number of hydrogen-bond donors (Lipinski definition) is 2. The van der Waals surface area contributed by atoms with Gasteiger partial charge in [0.1, 0.15) is 4.90 Å². The molecule has 1 fully saturated rings. The summed E-state index contributed by atoms with van der Waals surface area (Å²) in [4.78, 5) is 0.0514. The summed E-state index contributed by atoms with van der Waals surface area (Å²) in [6.07, 6.45) is 2.04. The number of sulfonamides is 2. The maximum atomic E-state index is 12.3. The van der Waals surface area contributed by atoms with Crippen molar-refractivity contribution < 1.29 is 16.8 Å². The second kappa shape index (κ2) is 5.91. The summed E-state index contributed by atoms with van der Waals surface area (Å²) >= 11 is 0. The lowest BCUT2D eigenvalue weighted by Gasteiger charge is -2.30. The molecule has 0 aliphatic carbocycles. The van der Waals surface area contributed by atoms with E-state index in [9.17, 15) is 16.8 Å². The first-order valence-electron chi connectivity index (χ1n) is 6.52. The molecule has 1 aromatic carbocycles. The summed E-state index contributed by atoms with van der Waals surface area (Å²) in [6, 6.07) is 5.97. The normalized spacial score (nSPS) is 18.7. The lowest BCUT2D eigenvalue weighted by atomic mass is 10.1. The molecule has 0 unspecified atom stereocenters. The molecular weight excluding hydrogens is 314 g/mol. The molecule has 0 atom stereocenters. The van der Waals surface area contributed by atoms with Crippen LogP contribution >= 0.6 is 0 Å². The quantitative estimate of drug-likeness (QED) is 0.752. The summed E-state index contributed by atoms with van der Waals surface area (Å²) in [6.45, 7) is 0.632. The second-order valence-electron chi connectivity index (χ2n) is 5.10. The Morgan fingerprint density at radius 2 is 1.71 bits per heavy atom. The Hall–Kier alpha value is -1.16. The zero-order chi connectivity index (χ0) is 15.7. The van der Waals surface area contributed by atoms with E-state index >= 15 is 0 Å². The van der Waals surface area contributed by atoms with Crippen molar-refractivity contribution in [3.8, 4) is 0 Å². The van der Waals surface area contributed by atoms with Gasteiger partial charge in [-0.25, -0.2) is 25.9 Å². The third-order valence-electron chi connectivity index (χ3n) is 3.45. The van der Waals surface area contributed by atoms with Crippen LogP contribution in [0, 0.1) is 0 Å². The van der Waals surface area contributed by atoms with Crippen LogP contribution in [-0.4, -0.2) is 46.5 Å². The highest BCUT2D eigenvalue weighted by molar-refractivity contribution is 7.89. The molecule has 0 spiro atoms. The first kappa shape index (κ1) is 16.2. The van der Waals surface area contributed by atoms with Gasteiger partial charge in [-0.15, -0.1) is 0 Å². The second-order valence-corrected chi connectivity index (χ2v) is 8.76. The van der Waals surface area contributed by atoms with Crippen LogP contribution in [0.25, 0.3) is 0 Å². The molecule has 2 rings (SSSR count). The largest absolute Gasteiger partial charge is 0.398 e. The predicted molar refractivity (Wildman–Crippen MR) is 80.6 cm³/mol. The molecule has 0 radical (unpaired) electrons. The smallest absolute Gasteiger partial charge is 0.242 e. The van der Waals surface area contributed by atoms with E-state index in [1.807, 2.05) is 0 Å². The van der Waals surface area contributed by atoms with E-state index in [0.717, 1.165) is 6.26 Å². The van der Waals surface area contributed by atoms with E-state index in [2.05, 4.69) is 4.72 Å². The molecule has 1 aliphatic rings. The van der Waals surface area contributed by atoms with Crippen LogP contribution in [0.4, 0.5) is 5.69 Å². The van der Waals surface area contributed by atoms with Crippen LogP contribution < -0.4 is 10.5 Å². The van der Waals surface area contributed by atoms with Gasteiger partial charge in [0, 0.05) is 19.1 Å². The number of nitrogens with two attached hydrogens (primary N) is 1. The van der Waals surface area contributed by atoms with Gasteiger partial charge in [-0.1, -0.05) is 12.1 Å². The molecule has 118 valence electrons. The molecule has 1 saturated heterocycles. The molecule has 0 saturated carbocycles. The predicted octanol–water partition coefficient (Wildman–Crippen LogP) is -0.0289. The molecule has 1 aromatic rings. The van der Waals surface area contributed by atoms with Crippen molar-refractivity contribution in [2.75, 3.05) is 25.1 Å². The van der Waals surface area contributed by atoms with E-state index in [0.29, 0.717) is 25.9 Å².